The zero-order chi connectivity index (χ0) is 17.2. The average Bonchev–Trinajstić information content (AvgIpc) is 2.97. The van der Waals surface area contributed by atoms with Crippen molar-refractivity contribution in [2.24, 2.45) is 5.92 Å². The molecule has 4 rings (SSSR count). The lowest BCUT2D eigenvalue weighted by molar-refractivity contribution is 0.0920. The predicted octanol–water partition coefficient (Wildman–Crippen LogP) is 3.91. The minimum atomic E-state index is 0.173. The van der Waals surface area contributed by atoms with Gasteiger partial charge in [-0.15, -0.1) is 0 Å². The van der Waals surface area contributed by atoms with Crippen LogP contribution in [0.3, 0.4) is 0 Å². The molecule has 0 radical (unpaired) electrons. The van der Waals surface area contributed by atoms with Crippen molar-refractivity contribution in [3.8, 4) is 0 Å². The standard InChI is InChI=1S/C21H23ClN2O/c22-18-5-7-19(8-6-18)24-13-11-23(12-14-24)10-9-17-15-16-3-1-2-4-20(16)21(17)25/h1-8,17H,9-15H2. The summed E-state index contributed by atoms with van der Waals surface area (Å²) in [7, 11) is 0. The van der Waals surface area contributed by atoms with Gasteiger partial charge in [0.05, 0.1) is 0 Å². The number of hydrogen-bond acceptors (Lipinski definition) is 3. The quantitative estimate of drug-likeness (QED) is 0.831. The number of rotatable bonds is 4. The van der Waals surface area contributed by atoms with Gasteiger partial charge >= 0.3 is 0 Å². The summed E-state index contributed by atoms with van der Waals surface area (Å²) in [5, 5.41) is 0.782. The number of anilines is 1. The molecule has 1 heterocycles. The third kappa shape index (κ3) is 3.58. The Bertz CT molecular complexity index is 751. The van der Waals surface area contributed by atoms with Crippen LogP contribution in [0.4, 0.5) is 5.69 Å². The summed E-state index contributed by atoms with van der Waals surface area (Å²) in [5.74, 6) is 0.516. The molecule has 0 saturated carbocycles. The zero-order valence-electron chi connectivity index (χ0n) is 14.3. The molecular weight excluding hydrogens is 332 g/mol. The average molecular weight is 355 g/mol. The molecule has 0 bridgehead atoms. The fourth-order valence-corrected chi connectivity index (χ4v) is 4.10. The minimum Gasteiger partial charge on any atom is -0.369 e. The van der Waals surface area contributed by atoms with Gasteiger partial charge in [-0.3, -0.25) is 9.69 Å². The van der Waals surface area contributed by atoms with Crippen LogP contribution >= 0.6 is 11.6 Å². The molecule has 1 unspecified atom stereocenters. The fraction of sp³-hybridized carbons (Fsp3) is 0.381. The van der Waals surface area contributed by atoms with Gasteiger partial charge in [-0.25, -0.2) is 0 Å². The number of benzene rings is 2. The molecule has 2 aliphatic rings. The van der Waals surface area contributed by atoms with Crippen LogP contribution in [0.25, 0.3) is 0 Å². The molecule has 0 amide bonds. The van der Waals surface area contributed by atoms with E-state index in [1.165, 1.54) is 11.3 Å². The van der Waals surface area contributed by atoms with E-state index in [1.54, 1.807) is 0 Å². The Kier molecular flexibility index (Phi) is 4.78. The van der Waals surface area contributed by atoms with Gasteiger partial charge in [-0.05, 0) is 49.2 Å². The lowest BCUT2D eigenvalue weighted by Crippen LogP contribution is -2.47. The van der Waals surface area contributed by atoms with E-state index in [-0.39, 0.29) is 5.92 Å². The molecule has 130 valence electrons. The number of carbonyl (C=O) groups excluding carboxylic acids is 1. The van der Waals surface area contributed by atoms with Gasteiger partial charge in [0, 0.05) is 48.4 Å². The van der Waals surface area contributed by atoms with Crippen molar-refractivity contribution in [3.05, 3.63) is 64.7 Å². The van der Waals surface area contributed by atoms with E-state index in [0.29, 0.717) is 5.78 Å². The van der Waals surface area contributed by atoms with Crippen LogP contribution in [0, 0.1) is 5.92 Å². The first-order valence-corrected chi connectivity index (χ1v) is 9.43. The van der Waals surface area contributed by atoms with Crippen molar-refractivity contribution in [1.82, 2.24) is 4.90 Å². The molecular formula is C21H23ClN2O. The molecule has 1 fully saturated rings. The van der Waals surface area contributed by atoms with E-state index in [4.69, 9.17) is 11.6 Å². The van der Waals surface area contributed by atoms with E-state index < -0.39 is 0 Å². The smallest absolute Gasteiger partial charge is 0.166 e. The van der Waals surface area contributed by atoms with Crippen LogP contribution in [-0.4, -0.2) is 43.4 Å². The molecule has 0 spiro atoms. The first kappa shape index (κ1) is 16.6. The highest BCUT2D eigenvalue weighted by molar-refractivity contribution is 6.30. The third-order valence-corrected chi connectivity index (χ3v) is 5.73. The van der Waals surface area contributed by atoms with Gasteiger partial charge in [0.1, 0.15) is 0 Å². The summed E-state index contributed by atoms with van der Waals surface area (Å²) in [6, 6.07) is 16.2. The third-order valence-electron chi connectivity index (χ3n) is 5.48. The second kappa shape index (κ2) is 7.19. The molecule has 4 heteroatoms. The van der Waals surface area contributed by atoms with Crippen LogP contribution in [0.5, 0.6) is 0 Å². The molecule has 25 heavy (non-hydrogen) atoms. The van der Waals surface area contributed by atoms with E-state index in [0.717, 1.165) is 56.2 Å². The van der Waals surface area contributed by atoms with Gasteiger partial charge in [-0.2, -0.15) is 0 Å². The van der Waals surface area contributed by atoms with Crippen LogP contribution in [0.2, 0.25) is 5.02 Å². The molecule has 0 N–H and O–H groups in total. The normalized spacial score (nSPS) is 20.8. The highest BCUT2D eigenvalue weighted by atomic mass is 35.5. The van der Waals surface area contributed by atoms with Crippen molar-refractivity contribution < 1.29 is 4.79 Å². The number of carbonyl (C=O) groups is 1. The van der Waals surface area contributed by atoms with Crippen molar-refractivity contribution in [3.63, 3.8) is 0 Å². The van der Waals surface area contributed by atoms with Crippen LogP contribution in [-0.2, 0) is 6.42 Å². The number of fused-ring (bicyclic) bond motifs is 1. The Labute approximate surface area is 154 Å². The van der Waals surface area contributed by atoms with Gasteiger partial charge in [0.15, 0.2) is 5.78 Å². The van der Waals surface area contributed by atoms with Crippen LogP contribution < -0.4 is 4.90 Å². The largest absolute Gasteiger partial charge is 0.369 e. The highest BCUT2D eigenvalue weighted by Gasteiger charge is 2.30. The first-order chi connectivity index (χ1) is 12.2. The van der Waals surface area contributed by atoms with E-state index in [1.807, 2.05) is 30.3 Å². The zero-order valence-corrected chi connectivity index (χ0v) is 15.1. The lowest BCUT2D eigenvalue weighted by Gasteiger charge is -2.36. The fourth-order valence-electron chi connectivity index (χ4n) is 3.97. The Morgan fingerprint density at radius 1 is 0.960 bits per heavy atom. The maximum absolute atomic E-state index is 12.5. The number of Topliss-reactive ketones (excluding diaryl/α,β-unsaturated/α-hetero) is 1. The minimum absolute atomic E-state index is 0.173. The Morgan fingerprint density at radius 2 is 1.68 bits per heavy atom. The Balaban J connectivity index is 1.27. The molecule has 3 nitrogen and oxygen atoms in total. The van der Waals surface area contributed by atoms with E-state index in [9.17, 15) is 4.79 Å². The molecule has 2 aromatic carbocycles. The number of ketones is 1. The number of nitrogens with zero attached hydrogens (tertiary/aromatic N) is 2. The number of hydrogen-bond donors (Lipinski definition) is 0. The maximum Gasteiger partial charge on any atom is 0.166 e. The van der Waals surface area contributed by atoms with E-state index in [2.05, 4.69) is 28.0 Å². The van der Waals surface area contributed by atoms with Gasteiger partial charge < -0.3 is 4.90 Å². The second-order valence-corrected chi connectivity index (χ2v) is 7.45. The van der Waals surface area contributed by atoms with Crippen molar-refractivity contribution >= 4 is 23.1 Å². The topological polar surface area (TPSA) is 23.6 Å². The van der Waals surface area contributed by atoms with Gasteiger partial charge in [0.2, 0.25) is 0 Å². The number of halogens is 1. The maximum atomic E-state index is 12.5. The van der Waals surface area contributed by atoms with Crippen molar-refractivity contribution in [1.29, 1.82) is 0 Å². The molecule has 0 aromatic heterocycles. The summed E-state index contributed by atoms with van der Waals surface area (Å²) in [5.41, 5.74) is 3.41. The first-order valence-electron chi connectivity index (χ1n) is 9.06. The lowest BCUT2D eigenvalue weighted by atomic mass is 10.0. The summed E-state index contributed by atoms with van der Waals surface area (Å²) in [6.07, 6.45) is 1.88. The summed E-state index contributed by atoms with van der Waals surface area (Å²) >= 11 is 5.97. The van der Waals surface area contributed by atoms with Crippen LogP contribution in [0.1, 0.15) is 22.3 Å². The molecule has 1 aliphatic heterocycles. The summed E-state index contributed by atoms with van der Waals surface area (Å²) in [6.45, 7) is 5.17. The molecule has 1 atom stereocenters. The molecule has 2 aromatic rings. The Morgan fingerprint density at radius 3 is 2.40 bits per heavy atom. The van der Waals surface area contributed by atoms with E-state index >= 15 is 0 Å². The van der Waals surface area contributed by atoms with Gasteiger partial charge in [-0.1, -0.05) is 35.9 Å². The predicted molar refractivity (Wildman–Crippen MR) is 103 cm³/mol. The monoisotopic (exact) mass is 354 g/mol. The van der Waals surface area contributed by atoms with Crippen molar-refractivity contribution in [2.75, 3.05) is 37.6 Å². The molecule has 1 aliphatic carbocycles. The second-order valence-electron chi connectivity index (χ2n) is 7.02. The summed E-state index contributed by atoms with van der Waals surface area (Å²) in [4.78, 5) is 17.4. The Hall–Kier alpha value is -1.84. The SMILES string of the molecule is O=C1c2ccccc2CC1CCN1CCN(c2ccc(Cl)cc2)CC1. The number of piperazine rings is 1. The van der Waals surface area contributed by atoms with Gasteiger partial charge in [0.25, 0.3) is 0 Å². The molecule has 1 saturated heterocycles. The van der Waals surface area contributed by atoms with Crippen LogP contribution in [0.15, 0.2) is 48.5 Å². The highest BCUT2D eigenvalue weighted by Crippen LogP contribution is 2.29. The summed E-state index contributed by atoms with van der Waals surface area (Å²) < 4.78 is 0. The van der Waals surface area contributed by atoms with Crippen molar-refractivity contribution in [2.45, 2.75) is 12.8 Å².